The molecule has 0 spiro atoms. The van der Waals surface area contributed by atoms with Crippen molar-refractivity contribution < 1.29 is 0 Å². The number of aliphatic imine (C=N–C) groups is 1. The minimum atomic E-state index is -0.217. The number of rotatable bonds is 4. The van der Waals surface area contributed by atoms with Gasteiger partial charge in [-0.05, 0) is 6.42 Å². The zero-order valence-electron chi connectivity index (χ0n) is 10.5. The van der Waals surface area contributed by atoms with Crippen molar-refractivity contribution in [3.63, 3.8) is 0 Å². The van der Waals surface area contributed by atoms with E-state index in [1.807, 2.05) is 0 Å². The molecule has 0 atom stereocenters. The first-order valence-corrected chi connectivity index (χ1v) is 7.91. The van der Waals surface area contributed by atoms with E-state index in [-0.39, 0.29) is 8.80 Å². The number of hydrogen-bond donors (Lipinski definition) is 0. The van der Waals surface area contributed by atoms with Crippen LogP contribution in [0.2, 0.25) is 13.1 Å². The molecule has 0 N–H and O–H groups in total. The summed E-state index contributed by atoms with van der Waals surface area (Å²) in [7, 11) is 6.03. The molecule has 1 radical (unpaired) electrons. The fourth-order valence-electron chi connectivity index (χ4n) is 1.36. The van der Waals surface area contributed by atoms with Gasteiger partial charge in [-0.25, -0.2) is 0 Å². The largest absolute Gasteiger partial charge is 0.349 e. The fourth-order valence-corrected chi connectivity index (χ4v) is 2.45. The maximum absolute atomic E-state index is 4.58. The molecule has 0 aromatic rings. The van der Waals surface area contributed by atoms with Crippen molar-refractivity contribution in [2.45, 2.75) is 26.4 Å². The van der Waals surface area contributed by atoms with Crippen LogP contribution in [0.5, 0.6) is 0 Å². The second kappa shape index (κ2) is 6.87. The summed E-state index contributed by atoms with van der Waals surface area (Å²) in [6.45, 7) is 7.74. The Hall–Kier alpha value is -0.513. The van der Waals surface area contributed by atoms with Crippen LogP contribution in [0.1, 0.15) is 13.3 Å². The molecule has 0 unspecified atom stereocenters. The highest BCUT2D eigenvalue weighted by Gasteiger charge is 2.10. The molecule has 0 bridgehead atoms. The number of hydrogen-bond acceptors (Lipinski definition) is 1. The van der Waals surface area contributed by atoms with Gasteiger partial charge < -0.3 is 9.80 Å². The Labute approximate surface area is 90.4 Å². The molecule has 83 valence electrons. The third-order valence-corrected chi connectivity index (χ3v) is 2.88. The Morgan fingerprint density at radius 3 is 2.14 bits per heavy atom. The van der Waals surface area contributed by atoms with Crippen LogP contribution in [0, 0.1) is 0 Å². The molecule has 0 fully saturated rings. The first kappa shape index (κ1) is 13.5. The summed E-state index contributed by atoms with van der Waals surface area (Å²) < 4.78 is 0. The van der Waals surface area contributed by atoms with E-state index in [0.717, 1.165) is 25.1 Å². The first-order valence-electron chi connectivity index (χ1n) is 5.21. The van der Waals surface area contributed by atoms with Gasteiger partial charge in [0.15, 0.2) is 5.96 Å². The van der Waals surface area contributed by atoms with Gasteiger partial charge in [0.1, 0.15) is 0 Å². The van der Waals surface area contributed by atoms with Crippen LogP contribution in [-0.4, -0.2) is 58.4 Å². The predicted octanol–water partition coefficient (Wildman–Crippen LogP) is 1.54. The van der Waals surface area contributed by atoms with Gasteiger partial charge in [0.2, 0.25) is 0 Å². The Kier molecular flexibility index (Phi) is 6.62. The van der Waals surface area contributed by atoms with Crippen LogP contribution >= 0.6 is 0 Å². The molecule has 0 amide bonds. The molecule has 0 aliphatic carbocycles. The molecule has 14 heavy (non-hydrogen) atoms. The van der Waals surface area contributed by atoms with Gasteiger partial charge in [-0.15, -0.1) is 0 Å². The van der Waals surface area contributed by atoms with Crippen molar-refractivity contribution in [1.29, 1.82) is 0 Å². The Morgan fingerprint density at radius 2 is 1.79 bits per heavy atom. The molecule has 0 saturated heterocycles. The fraction of sp³-hybridized carbons (Fsp3) is 0.900. The smallest absolute Gasteiger partial charge is 0.195 e. The Balaban J connectivity index is 4.33. The Bertz CT molecular complexity index is 178. The molecule has 3 nitrogen and oxygen atoms in total. The maximum atomic E-state index is 4.58. The van der Waals surface area contributed by atoms with Gasteiger partial charge in [0, 0.05) is 33.9 Å². The van der Waals surface area contributed by atoms with Gasteiger partial charge in [0.25, 0.3) is 0 Å². The van der Waals surface area contributed by atoms with Crippen LogP contribution in [0.15, 0.2) is 4.99 Å². The lowest BCUT2D eigenvalue weighted by atomic mass is 10.5. The Morgan fingerprint density at radius 1 is 1.21 bits per heavy atom. The number of guanidine groups is 1. The summed E-state index contributed by atoms with van der Waals surface area (Å²) in [5.74, 6) is 1.11. The average molecular weight is 214 g/mol. The van der Waals surface area contributed by atoms with Gasteiger partial charge in [-0.3, -0.25) is 4.99 Å². The highest BCUT2D eigenvalue weighted by Crippen LogP contribution is 1.95. The summed E-state index contributed by atoms with van der Waals surface area (Å²) >= 11 is 0. The monoisotopic (exact) mass is 214 g/mol. The second-order valence-electron chi connectivity index (χ2n) is 4.14. The molecule has 0 saturated carbocycles. The van der Waals surface area contributed by atoms with Crippen LogP contribution in [-0.2, 0) is 0 Å². The molecule has 4 heteroatoms. The van der Waals surface area contributed by atoms with E-state index >= 15 is 0 Å². The predicted molar refractivity (Wildman–Crippen MR) is 66.4 cm³/mol. The summed E-state index contributed by atoms with van der Waals surface area (Å²) in [4.78, 5) is 8.94. The van der Waals surface area contributed by atoms with E-state index in [4.69, 9.17) is 0 Å². The zero-order valence-corrected chi connectivity index (χ0v) is 11.5. The van der Waals surface area contributed by atoms with Crippen LogP contribution < -0.4 is 0 Å². The van der Waals surface area contributed by atoms with Crippen molar-refractivity contribution >= 4 is 14.8 Å². The van der Waals surface area contributed by atoms with Crippen molar-refractivity contribution in [2.75, 3.05) is 33.9 Å². The van der Waals surface area contributed by atoms with Crippen LogP contribution in [0.3, 0.4) is 0 Å². The molecular formula is C10H24N3Si. The van der Waals surface area contributed by atoms with Crippen LogP contribution in [0.4, 0.5) is 0 Å². The third kappa shape index (κ3) is 5.27. The van der Waals surface area contributed by atoms with Gasteiger partial charge in [-0.1, -0.05) is 20.0 Å². The molecule has 0 rings (SSSR count). The second-order valence-corrected chi connectivity index (χ2v) is 6.87. The van der Waals surface area contributed by atoms with Gasteiger partial charge in [-0.2, -0.15) is 0 Å². The molecule has 0 aromatic heterocycles. The highest BCUT2D eigenvalue weighted by atomic mass is 28.3. The lowest BCUT2D eigenvalue weighted by molar-refractivity contribution is 0.463. The lowest BCUT2D eigenvalue weighted by Crippen LogP contribution is -2.42. The minimum Gasteiger partial charge on any atom is -0.349 e. The standard InChI is InChI=1S/C10H24N3Si/c1-7-8-11-10(12(2)3)13(4)9-14(5)6/h7-9H2,1-6H3. The summed E-state index contributed by atoms with van der Waals surface area (Å²) in [5.41, 5.74) is 0. The van der Waals surface area contributed by atoms with Crippen molar-refractivity contribution in [3.05, 3.63) is 0 Å². The lowest BCUT2D eigenvalue weighted by Gasteiger charge is -2.27. The third-order valence-electron chi connectivity index (χ3n) is 1.77. The van der Waals surface area contributed by atoms with Crippen molar-refractivity contribution in [3.8, 4) is 0 Å². The highest BCUT2D eigenvalue weighted by molar-refractivity contribution is 6.56. The zero-order chi connectivity index (χ0) is 11.1. The molecule has 0 heterocycles. The normalized spacial score (nSPS) is 12.1. The van der Waals surface area contributed by atoms with Gasteiger partial charge >= 0.3 is 0 Å². The minimum absolute atomic E-state index is 0.217. The molecule has 0 aliphatic rings. The first-order chi connectivity index (χ1) is 6.49. The summed E-state index contributed by atoms with van der Waals surface area (Å²) in [6.07, 6.45) is 2.27. The van der Waals surface area contributed by atoms with E-state index in [9.17, 15) is 0 Å². The van der Waals surface area contributed by atoms with Gasteiger partial charge in [0.05, 0.1) is 8.80 Å². The molecular weight excluding hydrogens is 190 g/mol. The van der Waals surface area contributed by atoms with E-state index in [1.54, 1.807) is 0 Å². The maximum Gasteiger partial charge on any atom is 0.195 e. The summed E-state index contributed by atoms with van der Waals surface area (Å²) in [6, 6.07) is 0. The van der Waals surface area contributed by atoms with Crippen LogP contribution in [0.25, 0.3) is 0 Å². The van der Waals surface area contributed by atoms with E-state index in [0.29, 0.717) is 0 Å². The number of nitrogens with zero attached hydrogens (tertiary/aromatic N) is 3. The van der Waals surface area contributed by atoms with E-state index in [1.165, 1.54) is 0 Å². The topological polar surface area (TPSA) is 18.8 Å². The van der Waals surface area contributed by atoms with Crippen molar-refractivity contribution in [1.82, 2.24) is 9.80 Å². The van der Waals surface area contributed by atoms with Crippen molar-refractivity contribution in [2.24, 2.45) is 4.99 Å². The summed E-state index contributed by atoms with van der Waals surface area (Å²) in [5, 5.41) is 0. The quantitative estimate of drug-likeness (QED) is 0.402. The molecule has 0 aromatic carbocycles. The SMILES string of the molecule is CCCN=C(N(C)C)N(C)C[Si](C)C. The van der Waals surface area contributed by atoms with E-state index < -0.39 is 0 Å². The average Bonchev–Trinajstić information content (AvgIpc) is 2.02. The van der Waals surface area contributed by atoms with E-state index in [2.05, 4.69) is 56.0 Å². The molecule has 0 aliphatic heterocycles.